The lowest BCUT2D eigenvalue weighted by Gasteiger charge is -2.13. The summed E-state index contributed by atoms with van der Waals surface area (Å²) in [5.74, 6) is 0.260. The van der Waals surface area contributed by atoms with Crippen LogP contribution in [-0.2, 0) is 6.54 Å². The number of ether oxygens (including phenoxy) is 1. The minimum Gasteiger partial charge on any atom is -0.506 e. The highest BCUT2D eigenvalue weighted by Gasteiger charge is 2.09. The quantitative estimate of drug-likeness (QED) is 0.773. The van der Waals surface area contributed by atoms with E-state index in [1.54, 1.807) is 37.4 Å². The Labute approximate surface area is 130 Å². The second-order valence-corrected chi connectivity index (χ2v) is 5.23. The van der Waals surface area contributed by atoms with E-state index in [-0.39, 0.29) is 5.75 Å². The number of methoxy groups -OCH3 is 1. The van der Waals surface area contributed by atoms with Crippen molar-refractivity contribution in [3.63, 3.8) is 0 Å². The van der Waals surface area contributed by atoms with E-state index in [0.29, 0.717) is 28.0 Å². The molecule has 0 bridgehead atoms. The average molecular weight is 351 g/mol. The number of anilines is 1. The third-order valence-corrected chi connectivity index (χ3v) is 3.66. The Hall–Kier alpha value is -2.21. The predicted molar refractivity (Wildman–Crippen MR) is 84.6 cm³/mol. The number of amides is 1. The van der Waals surface area contributed by atoms with Crippen LogP contribution in [0.3, 0.4) is 0 Å². The summed E-state index contributed by atoms with van der Waals surface area (Å²) in [6, 6.07) is 10.3. The molecule has 6 heteroatoms. The number of primary amides is 1. The van der Waals surface area contributed by atoms with Gasteiger partial charge in [-0.05, 0) is 40.2 Å². The van der Waals surface area contributed by atoms with E-state index in [0.717, 1.165) is 5.56 Å². The van der Waals surface area contributed by atoms with Gasteiger partial charge in [0.05, 0.1) is 17.3 Å². The SMILES string of the molecule is COc1ccc(C(N)=O)cc1NCc1cccc(Br)c1O. The predicted octanol–water partition coefficient (Wildman–Crippen LogP) is 2.87. The number of rotatable bonds is 5. The molecule has 110 valence electrons. The monoisotopic (exact) mass is 350 g/mol. The summed E-state index contributed by atoms with van der Waals surface area (Å²) in [6.07, 6.45) is 0. The van der Waals surface area contributed by atoms with Gasteiger partial charge in [0, 0.05) is 17.7 Å². The van der Waals surface area contributed by atoms with Crippen LogP contribution in [0.25, 0.3) is 0 Å². The summed E-state index contributed by atoms with van der Waals surface area (Å²) in [5, 5.41) is 13.1. The number of para-hydroxylation sites is 1. The van der Waals surface area contributed by atoms with Crippen LogP contribution in [0.4, 0.5) is 5.69 Å². The number of hydrogen-bond acceptors (Lipinski definition) is 4. The molecule has 0 aromatic heterocycles. The standard InChI is InChI=1S/C15H15BrN2O3/c1-21-13-6-5-9(15(17)20)7-12(13)18-8-10-3-2-4-11(16)14(10)19/h2-7,18-19H,8H2,1H3,(H2,17,20). The van der Waals surface area contributed by atoms with Gasteiger partial charge in [-0.25, -0.2) is 0 Å². The minimum atomic E-state index is -0.508. The Balaban J connectivity index is 2.24. The van der Waals surface area contributed by atoms with Crippen molar-refractivity contribution in [2.75, 3.05) is 12.4 Å². The number of nitrogens with two attached hydrogens (primary N) is 1. The summed E-state index contributed by atoms with van der Waals surface area (Å²) in [5.41, 5.74) is 7.01. The van der Waals surface area contributed by atoms with Gasteiger partial charge in [0.25, 0.3) is 0 Å². The molecule has 0 radical (unpaired) electrons. The van der Waals surface area contributed by atoms with Gasteiger partial charge in [-0.1, -0.05) is 12.1 Å². The topological polar surface area (TPSA) is 84.6 Å². The van der Waals surface area contributed by atoms with E-state index < -0.39 is 5.91 Å². The van der Waals surface area contributed by atoms with E-state index in [9.17, 15) is 9.90 Å². The van der Waals surface area contributed by atoms with Crippen molar-refractivity contribution in [3.05, 3.63) is 52.0 Å². The van der Waals surface area contributed by atoms with Crippen LogP contribution in [0, 0.1) is 0 Å². The first-order valence-electron chi connectivity index (χ1n) is 6.21. The largest absolute Gasteiger partial charge is 0.506 e. The molecule has 0 aliphatic rings. The molecule has 4 N–H and O–H groups in total. The van der Waals surface area contributed by atoms with Crippen LogP contribution in [0.1, 0.15) is 15.9 Å². The Morgan fingerprint density at radius 1 is 1.38 bits per heavy atom. The van der Waals surface area contributed by atoms with E-state index >= 15 is 0 Å². The number of halogens is 1. The summed E-state index contributed by atoms with van der Waals surface area (Å²) < 4.78 is 5.86. The van der Waals surface area contributed by atoms with Crippen LogP contribution in [0.2, 0.25) is 0 Å². The van der Waals surface area contributed by atoms with Gasteiger partial charge in [-0.2, -0.15) is 0 Å². The zero-order chi connectivity index (χ0) is 15.4. The van der Waals surface area contributed by atoms with E-state index in [1.807, 2.05) is 6.07 Å². The fourth-order valence-electron chi connectivity index (χ4n) is 1.89. The lowest BCUT2D eigenvalue weighted by Crippen LogP contribution is -2.11. The molecular formula is C15H15BrN2O3. The number of aromatic hydroxyl groups is 1. The van der Waals surface area contributed by atoms with Gasteiger partial charge in [-0.15, -0.1) is 0 Å². The van der Waals surface area contributed by atoms with Gasteiger partial charge in [0.1, 0.15) is 11.5 Å². The highest BCUT2D eigenvalue weighted by Crippen LogP contribution is 2.30. The maximum Gasteiger partial charge on any atom is 0.248 e. The van der Waals surface area contributed by atoms with Crippen LogP contribution >= 0.6 is 15.9 Å². The maximum atomic E-state index is 11.2. The van der Waals surface area contributed by atoms with Crippen LogP contribution in [0.5, 0.6) is 11.5 Å². The first-order valence-corrected chi connectivity index (χ1v) is 7.00. The van der Waals surface area contributed by atoms with Crippen LogP contribution in [0.15, 0.2) is 40.9 Å². The van der Waals surface area contributed by atoms with Crippen molar-refractivity contribution in [2.45, 2.75) is 6.54 Å². The molecule has 0 saturated heterocycles. The zero-order valence-electron chi connectivity index (χ0n) is 11.4. The number of phenols is 1. The fourth-order valence-corrected chi connectivity index (χ4v) is 2.30. The van der Waals surface area contributed by atoms with E-state index in [1.165, 1.54) is 0 Å². The molecule has 0 heterocycles. The van der Waals surface area contributed by atoms with Gasteiger partial charge in [0.15, 0.2) is 0 Å². The van der Waals surface area contributed by atoms with Crippen molar-refractivity contribution in [1.82, 2.24) is 0 Å². The Morgan fingerprint density at radius 2 is 2.14 bits per heavy atom. The maximum absolute atomic E-state index is 11.2. The lowest BCUT2D eigenvalue weighted by atomic mass is 10.1. The van der Waals surface area contributed by atoms with Crippen LogP contribution < -0.4 is 15.8 Å². The second-order valence-electron chi connectivity index (χ2n) is 4.38. The van der Waals surface area contributed by atoms with E-state index in [2.05, 4.69) is 21.2 Å². The number of carbonyl (C=O) groups excluding carboxylic acids is 1. The molecule has 0 fully saturated rings. The Bertz CT molecular complexity index is 674. The summed E-state index contributed by atoms with van der Waals surface area (Å²) in [6.45, 7) is 0.379. The molecule has 0 spiro atoms. The second kappa shape index (κ2) is 6.49. The molecule has 2 aromatic carbocycles. The fraction of sp³-hybridized carbons (Fsp3) is 0.133. The normalized spacial score (nSPS) is 10.2. The third kappa shape index (κ3) is 3.46. The van der Waals surface area contributed by atoms with Crippen molar-refractivity contribution in [3.8, 4) is 11.5 Å². The molecule has 5 nitrogen and oxygen atoms in total. The number of phenolic OH excluding ortho intramolecular Hbond substituents is 1. The van der Waals surface area contributed by atoms with Gasteiger partial charge in [0.2, 0.25) is 5.91 Å². The molecule has 0 saturated carbocycles. The molecule has 0 aliphatic carbocycles. The van der Waals surface area contributed by atoms with Gasteiger partial charge in [-0.3, -0.25) is 4.79 Å². The molecule has 0 aliphatic heterocycles. The van der Waals surface area contributed by atoms with Gasteiger partial charge >= 0.3 is 0 Å². The lowest BCUT2D eigenvalue weighted by molar-refractivity contribution is 0.100. The Morgan fingerprint density at radius 3 is 2.81 bits per heavy atom. The number of carbonyl (C=O) groups is 1. The average Bonchev–Trinajstić information content (AvgIpc) is 2.48. The number of hydrogen-bond donors (Lipinski definition) is 3. The molecule has 0 unspecified atom stereocenters. The molecule has 21 heavy (non-hydrogen) atoms. The molecule has 0 atom stereocenters. The van der Waals surface area contributed by atoms with Crippen molar-refractivity contribution in [1.29, 1.82) is 0 Å². The van der Waals surface area contributed by atoms with Gasteiger partial charge < -0.3 is 20.9 Å². The third-order valence-electron chi connectivity index (χ3n) is 3.02. The molecule has 2 aromatic rings. The van der Waals surface area contributed by atoms with Crippen molar-refractivity contribution >= 4 is 27.5 Å². The smallest absolute Gasteiger partial charge is 0.248 e. The van der Waals surface area contributed by atoms with Crippen LogP contribution in [-0.4, -0.2) is 18.1 Å². The number of benzene rings is 2. The first kappa shape index (κ1) is 15.2. The summed E-state index contributed by atoms with van der Waals surface area (Å²) >= 11 is 3.27. The Kier molecular flexibility index (Phi) is 4.70. The first-order chi connectivity index (χ1) is 10.0. The molecule has 2 rings (SSSR count). The zero-order valence-corrected chi connectivity index (χ0v) is 13.0. The highest BCUT2D eigenvalue weighted by molar-refractivity contribution is 9.10. The molecular weight excluding hydrogens is 336 g/mol. The number of nitrogens with one attached hydrogen (secondary N) is 1. The summed E-state index contributed by atoms with van der Waals surface area (Å²) in [7, 11) is 1.54. The van der Waals surface area contributed by atoms with Crippen molar-refractivity contribution < 1.29 is 14.6 Å². The summed E-state index contributed by atoms with van der Waals surface area (Å²) in [4.78, 5) is 11.2. The molecule has 1 amide bonds. The minimum absolute atomic E-state index is 0.176. The van der Waals surface area contributed by atoms with Crippen molar-refractivity contribution in [2.24, 2.45) is 5.73 Å². The highest BCUT2D eigenvalue weighted by atomic mass is 79.9. The van der Waals surface area contributed by atoms with E-state index in [4.69, 9.17) is 10.5 Å².